The number of para-hydroxylation sites is 1. The van der Waals surface area contributed by atoms with Crippen LogP contribution in [0.1, 0.15) is 11.1 Å². The van der Waals surface area contributed by atoms with E-state index in [1.165, 1.54) is 18.2 Å². The third kappa shape index (κ3) is 3.67. The quantitative estimate of drug-likeness (QED) is 0.726. The molecule has 1 N–H and O–H groups in total. The largest absolute Gasteiger partial charge is 0.385 e. The first-order chi connectivity index (χ1) is 12.3. The summed E-state index contributed by atoms with van der Waals surface area (Å²) in [6, 6.07) is 10.1. The number of anilines is 1. The number of aromatic nitrogens is 3. The molecule has 9 heteroatoms. The van der Waals surface area contributed by atoms with Crippen molar-refractivity contribution in [1.29, 1.82) is 0 Å². The third-order valence-electron chi connectivity index (χ3n) is 3.88. The number of aryl methyl sites for hydroxylation is 2. The summed E-state index contributed by atoms with van der Waals surface area (Å²) in [4.78, 5) is 18.7. The van der Waals surface area contributed by atoms with Gasteiger partial charge in [0.25, 0.3) is 5.91 Å². The molecule has 0 spiro atoms. The van der Waals surface area contributed by atoms with Gasteiger partial charge in [-0.3, -0.25) is 4.79 Å². The zero-order chi connectivity index (χ0) is 18.9. The average molecular weight is 374 g/mol. The molecule has 8 nitrogen and oxygen atoms in total. The maximum atomic E-state index is 12.2. The van der Waals surface area contributed by atoms with Crippen molar-refractivity contribution in [1.82, 2.24) is 15.2 Å². The van der Waals surface area contributed by atoms with E-state index in [9.17, 15) is 13.2 Å². The van der Waals surface area contributed by atoms with Crippen LogP contribution in [-0.2, 0) is 14.6 Å². The minimum Gasteiger partial charge on any atom is -0.385 e. The fourth-order valence-electron chi connectivity index (χ4n) is 2.51. The molecule has 0 saturated heterocycles. The van der Waals surface area contributed by atoms with Crippen LogP contribution in [0.15, 0.2) is 41.3 Å². The molecule has 0 saturated carbocycles. The van der Waals surface area contributed by atoms with Crippen molar-refractivity contribution in [2.45, 2.75) is 18.7 Å². The van der Waals surface area contributed by atoms with Gasteiger partial charge in [-0.25, -0.2) is 8.42 Å². The highest BCUT2D eigenvalue weighted by Crippen LogP contribution is 2.19. The summed E-state index contributed by atoms with van der Waals surface area (Å²) < 4.78 is 23.4. The zero-order valence-corrected chi connectivity index (χ0v) is 15.4. The van der Waals surface area contributed by atoms with Crippen LogP contribution in [0.4, 0.5) is 5.69 Å². The van der Waals surface area contributed by atoms with Crippen LogP contribution in [-0.4, -0.2) is 42.3 Å². The van der Waals surface area contributed by atoms with Gasteiger partial charge in [0.05, 0.1) is 4.90 Å². The van der Waals surface area contributed by atoms with E-state index in [-0.39, 0.29) is 17.4 Å². The summed E-state index contributed by atoms with van der Waals surface area (Å²) >= 11 is 0. The first-order valence-electron chi connectivity index (χ1n) is 7.80. The Morgan fingerprint density at radius 3 is 2.54 bits per heavy atom. The molecule has 1 aromatic heterocycles. The number of nitrogens with zero attached hydrogens (tertiary/aromatic N) is 3. The average Bonchev–Trinajstić information content (AvgIpc) is 2.98. The molecule has 136 valence electrons. The van der Waals surface area contributed by atoms with Gasteiger partial charge >= 0.3 is 0 Å². The van der Waals surface area contributed by atoms with Gasteiger partial charge in [-0.05, 0) is 48.4 Å². The number of benzene rings is 2. The molecule has 3 rings (SSSR count). The highest BCUT2D eigenvalue weighted by atomic mass is 32.2. The Morgan fingerprint density at radius 1 is 1.19 bits per heavy atom. The summed E-state index contributed by atoms with van der Waals surface area (Å²) in [7, 11) is -3.37. The second kappa shape index (κ2) is 6.75. The smallest absolute Gasteiger partial charge is 0.265 e. The minimum absolute atomic E-state index is 0.122. The number of fused-ring (bicyclic) bond motifs is 1. The monoisotopic (exact) mass is 374 g/mol. The van der Waals surface area contributed by atoms with E-state index in [1.54, 1.807) is 0 Å². The number of rotatable bonds is 5. The number of carbonyl (C=O) groups is 1. The predicted octanol–water partition coefficient (Wildman–Crippen LogP) is 1.52. The summed E-state index contributed by atoms with van der Waals surface area (Å²) in [6.45, 7) is 3.51. The van der Waals surface area contributed by atoms with Gasteiger partial charge in [0.15, 0.2) is 16.4 Å². The van der Waals surface area contributed by atoms with E-state index >= 15 is 0 Å². The van der Waals surface area contributed by atoms with Gasteiger partial charge in [0.1, 0.15) is 11.0 Å². The van der Waals surface area contributed by atoms with E-state index in [4.69, 9.17) is 4.84 Å². The predicted molar refractivity (Wildman–Crippen MR) is 96.6 cm³/mol. The molecule has 26 heavy (non-hydrogen) atoms. The first-order valence-corrected chi connectivity index (χ1v) is 9.70. The third-order valence-corrected chi connectivity index (χ3v) is 4.99. The molecular weight excluding hydrogens is 356 g/mol. The molecule has 0 aliphatic carbocycles. The number of nitrogens with one attached hydrogen (secondary N) is 1. The number of carbonyl (C=O) groups excluding carboxylic acids is 1. The molecule has 2 aromatic carbocycles. The molecular formula is C17H18N4O4S. The second-order valence-corrected chi connectivity index (χ2v) is 7.99. The normalized spacial score (nSPS) is 11.5. The Morgan fingerprint density at radius 2 is 1.88 bits per heavy atom. The van der Waals surface area contributed by atoms with Crippen LogP contribution in [0.2, 0.25) is 0 Å². The Hall–Kier alpha value is -2.94. The minimum atomic E-state index is -3.37. The molecule has 0 bridgehead atoms. The maximum Gasteiger partial charge on any atom is 0.265 e. The van der Waals surface area contributed by atoms with Crippen LogP contribution in [0.3, 0.4) is 0 Å². The van der Waals surface area contributed by atoms with Crippen molar-refractivity contribution < 1.29 is 18.0 Å². The van der Waals surface area contributed by atoms with Gasteiger partial charge in [0.2, 0.25) is 0 Å². The topological polar surface area (TPSA) is 103 Å². The van der Waals surface area contributed by atoms with Crippen molar-refractivity contribution in [3.8, 4) is 0 Å². The van der Waals surface area contributed by atoms with Crippen LogP contribution < -0.4 is 10.2 Å². The Kier molecular flexibility index (Phi) is 4.64. The Balaban J connectivity index is 1.76. The van der Waals surface area contributed by atoms with Crippen LogP contribution in [0.5, 0.6) is 0 Å². The zero-order valence-electron chi connectivity index (χ0n) is 14.6. The van der Waals surface area contributed by atoms with Crippen molar-refractivity contribution in [2.24, 2.45) is 0 Å². The van der Waals surface area contributed by atoms with Crippen molar-refractivity contribution in [3.05, 3.63) is 47.5 Å². The van der Waals surface area contributed by atoms with Crippen LogP contribution in [0, 0.1) is 13.8 Å². The van der Waals surface area contributed by atoms with Crippen LogP contribution >= 0.6 is 0 Å². The van der Waals surface area contributed by atoms with E-state index in [0.717, 1.165) is 27.9 Å². The molecule has 0 aliphatic rings. The van der Waals surface area contributed by atoms with Gasteiger partial charge in [-0.1, -0.05) is 23.0 Å². The number of hydrogen-bond donors (Lipinski definition) is 1. The van der Waals surface area contributed by atoms with E-state index < -0.39 is 9.84 Å². The number of sulfone groups is 1. The summed E-state index contributed by atoms with van der Waals surface area (Å²) in [5.74, 6) is -0.356. The van der Waals surface area contributed by atoms with E-state index in [0.29, 0.717) is 11.0 Å². The van der Waals surface area contributed by atoms with Crippen LogP contribution in [0.25, 0.3) is 11.0 Å². The lowest BCUT2D eigenvalue weighted by atomic mass is 10.1. The van der Waals surface area contributed by atoms with Gasteiger partial charge in [0, 0.05) is 11.9 Å². The Bertz CT molecular complexity index is 1070. The van der Waals surface area contributed by atoms with Gasteiger partial charge < -0.3 is 10.2 Å². The maximum absolute atomic E-state index is 12.2. The van der Waals surface area contributed by atoms with Crippen molar-refractivity contribution >= 4 is 32.5 Å². The molecule has 0 unspecified atom stereocenters. The Labute approximate surface area is 150 Å². The standard InChI is InChI=1S/C17H18N4O4S/c1-11-5-4-6-12(2)17(11)18-16(22)10-25-21-15-9-13(26(3,23)24)7-8-14(15)19-20-21/h4-9H,10H2,1-3H3,(H,18,22). The number of hydrogen-bond acceptors (Lipinski definition) is 6. The fraction of sp³-hybridized carbons (Fsp3) is 0.235. The fourth-order valence-corrected chi connectivity index (χ4v) is 3.15. The van der Waals surface area contributed by atoms with E-state index in [2.05, 4.69) is 15.6 Å². The lowest BCUT2D eigenvalue weighted by Crippen LogP contribution is -2.26. The molecule has 3 aromatic rings. The SMILES string of the molecule is Cc1cccc(C)c1NC(=O)COn1nnc2ccc(S(C)(=O)=O)cc21. The second-order valence-electron chi connectivity index (χ2n) is 5.97. The molecule has 0 fully saturated rings. The molecule has 1 heterocycles. The number of amides is 1. The lowest BCUT2D eigenvalue weighted by molar-refractivity contribution is -0.121. The first kappa shape index (κ1) is 17.9. The van der Waals surface area contributed by atoms with Gasteiger partial charge in [-0.15, -0.1) is 5.10 Å². The summed E-state index contributed by atoms with van der Waals surface area (Å²) in [5, 5.41) is 10.5. The van der Waals surface area contributed by atoms with Gasteiger partial charge in [-0.2, -0.15) is 0 Å². The summed E-state index contributed by atoms with van der Waals surface area (Å²) in [6.07, 6.45) is 1.11. The highest BCUT2D eigenvalue weighted by Gasteiger charge is 2.14. The highest BCUT2D eigenvalue weighted by molar-refractivity contribution is 7.90. The van der Waals surface area contributed by atoms with E-state index in [1.807, 2.05) is 32.0 Å². The van der Waals surface area contributed by atoms with Crippen molar-refractivity contribution in [3.63, 3.8) is 0 Å². The van der Waals surface area contributed by atoms with Crippen molar-refractivity contribution in [2.75, 3.05) is 18.2 Å². The molecule has 0 aliphatic heterocycles. The molecule has 0 radical (unpaired) electrons. The lowest BCUT2D eigenvalue weighted by Gasteiger charge is -2.11. The molecule has 0 atom stereocenters. The summed E-state index contributed by atoms with van der Waals surface area (Å²) in [5.41, 5.74) is 3.47. The molecule has 1 amide bonds.